The van der Waals surface area contributed by atoms with Gasteiger partial charge in [0.25, 0.3) is 5.91 Å². The van der Waals surface area contributed by atoms with Gasteiger partial charge in [0.2, 0.25) is 0 Å². The first-order chi connectivity index (χ1) is 14.7. The number of hydrogen-bond donors (Lipinski definition) is 4. The molecule has 8 nitrogen and oxygen atoms in total. The normalized spacial score (nSPS) is 12.1. The Morgan fingerprint density at radius 3 is 2.68 bits per heavy atom. The van der Waals surface area contributed by atoms with Gasteiger partial charge in [0, 0.05) is 9.13 Å². The molecule has 0 bridgehead atoms. The first kappa shape index (κ1) is 24.8. The van der Waals surface area contributed by atoms with Crippen molar-refractivity contribution in [3.05, 3.63) is 56.4 Å². The lowest BCUT2D eigenvalue weighted by molar-refractivity contribution is -0.00684. The maximum absolute atomic E-state index is 14.8. The SMILES string of the molecule is CC(O)CONC(=O)c1cc(/C=N/OCCO)c(F)c(F)c1Nc1ccc(I)cc1F. The number of hydroxylamine groups is 1. The summed E-state index contributed by atoms with van der Waals surface area (Å²) in [6.07, 6.45) is -0.0772. The monoisotopic (exact) mass is 553 g/mol. The van der Waals surface area contributed by atoms with E-state index in [9.17, 15) is 23.1 Å². The summed E-state index contributed by atoms with van der Waals surface area (Å²) in [7, 11) is 0. The summed E-state index contributed by atoms with van der Waals surface area (Å²) in [6.45, 7) is 0.643. The Morgan fingerprint density at radius 1 is 1.29 bits per heavy atom. The van der Waals surface area contributed by atoms with Crippen LogP contribution in [0.25, 0.3) is 0 Å². The van der Waals surface area contributed by atoms with Gasteiger partial charge in [-0.1, -0.05) is 5.16 Å². The summed E-state index contributed by atoms with van der Waals surface area (Å²) < 4.78 is 44.2. The van der Waals surface area contributed by atoms with Gasteiger partial charge in [0.1, 0.15) is 19.0 Å². The van der Waals surface area contributed by atoms with E-state index in [4.69, 9.17) is 9.94 Å². The molecule has 0 saturated carbocycles. The Kier molecular flexibility index (Phi) is 9.48. The van der Waals surface area contributed by atoms with Crippen LogP contribution < -0.4 is 10.8 Å². The molecule has 0 heterocycles. The molecule has 1 unspecified atom stereocenters. The summed E-state index contributed by atoms with van der Waals surface area (Å²) in [6, 6.07) is 4.96. The molecule has 2 rings (SSSR count). The molecule has 0 spiro atoms. The third kappa shape index (κ3) is 7.05. The van der Waals surface area contributed by atoms with Crippen LogP contribution in [-0.2, 0) is 9.68 Å². The highest BCUT2D eigenvalue weighted by atomic mass is 127. The maximum Gasteiger partial charge on any atom is 0.277 e. The third-order valence-corrected chi connectivity index (χ3v) is 4.28. The van der Waals surface area contributed by atoms with E-state index >= 15 is 0 Å². The Morgan fingerprint density at radius 2 is 2.03 bits per heavy atom. The number of nitrogens with one attached hydrogen (secondary N) is 2. The van der Waals surface area contributed by atoms with Crippen molar-refractivity contribution in [1.82, 2.24) is 5.48 Å². The van der Waals surface area contributed by atoms with Crippen LogP contribution in [0.4, 0.5) is 24.5 Å². The summed E-state index contributed by atoms with van der Waals surface area (Å²) in [5.74, 6) is -4.57. The molecule has 0 aliphatic heterocycles. The molecule has 0 aromatic heterocycles. The predicted octanol–water partition coefficient (Wildman–Crippen LogP) is 2.84. The number of carbonyl (C=O) groups is 1. The van der Waals surface area contributed by atoms with Crippen LogP contribution >= 0.6 is 22.6 Å². The van der Waals surface area contributed by atoms with Gasteiger partial charge in [-0.25, -0.2) is 18.7 Å². The maximum atomic E-state index is 14.8. The quantitative estimate of drug-likeness (QED) is 0.156. The standard InChI is InChI=1S/C19H19F3IN3O5/c1-10(28)9-31-26-19(29)13-6-11(8-24-30-5-4-27)16(21)17(22)18(13)25-15-3-2-12(23)7-14(15)20/h2-3,6-8,10,25,27-28H,4-5,9H2,1H3,(H,26,29)/b24-8+. The highest BCUT2D eigenvalue weighted by Gasteiger charge is 2.23. The molecular formula is C19H19F3IN3O5. The predicted molar refractivity (Wildman–Crippen MR) is 114 cm³/mol. The molecule has 2 aromatic carbocycles. The smallest absolute Gasteiger partial charge is 0.277 e. The molecular weight excluding hydrogens is 534 g/mol. The Labute approximate surface area is 189 Å². The van der Waals surface area contributed by atoms with Crippen LogP contribution in [0.3, 0.4) is 0 Å². The fourth-order valence-electron chi connectivity index (χ4n) is 2.24. The lowest BCUT2D eigenvalue weighted by atomic mass is 10.1. The van der Waals surface area contributed by atoms with E-state index in [0.717, 1.165) is 12.3 Å². The molecule has 168 valence electrons. The van der Waals surface area contributed by atoms with E-state index in [1.54, 1.807) is 0 Å². The Bertz CT molecular complexity index is 960. The number of benzene rings is 2. The minimum atomic E-state index is -1.47. The number of nitrogens with zero attached hydrogens (tertiary/aromatic N) is 1. The molecule has 1 amide bonds. The van der Waals surface area contributed by atoms with Crippen molar-refractivity contribution >= 4 is 46.1 Å². The minimum absolute atomic E-state index is 0.174. The van der Waals surface area contributed by atoms with E-state index in [-0.39, 0.29) is 25.5 Å². The zero-order valence-corrected chi connectivity index (χ0v) is 18.3. The zero-order valence-electron chi connectivity index (χ0n) is 16.2. The van der Waals surface area contributed by atoms with Gasteiger partial charge in [-0.15, -0.1) is 0 Å². The lowest BCUT2D eigenvalue weighted by Gasteiger charge is -2.16. The summed E-state index contributed by atoms with van der Waals surface area (Å²) in [5.41, 5.74) is 0.309. The van der Waals surface area contributed by atoms with Crippen LogP contribution in [0.2, 0.25) is 0 Å². The molecule has 0 aliphatic carbocycles. The number of rotatable bonds is 10. The molecule has 0 saturated heterocycles. The molecule has 31 heavy (non-hydrogen) atoms. The van der Waals surface area contributed by atoms with E-state index in [1.807, 2.05) is 28.1 Å². The van der Waals surface area contributed by atoms with Gasteiger partial charge < -0.3 is 20.4 Å². The Balaban J connectivity index is 2.46. The number of anilines is 2. The second-order valence-corrected chi connectivity index (χ2v) is 7.39. The van der Waals surface area contributed by atoms with Crippen LogP contribution in [0.15, 0.2) is 29.4 Å². The fraction of sp³-hybridized carbons (Fsp3) is 0.263. The zero-order chi connectivity index (χ0) is 23.0. The van der Waals surface area contributed by atoms with Gasteiger partial charge in [-0.3, -0.25) is 9.63 Å². The molecule has 0 fully saturated rings. The van der Waals surface area contributed by atoms with Crippen LogP contribution in [0, 0.1) is 21.0 Å². The third-order valence-electron chi connectivity index (χ3n) is 3.61. The molecule has 12 heteroatoms. The minimum Gasteiger partial charge on any atom is -0.393 e. The summed E-state index contributed by atoms with van der Waals surface area (Å²) in [5, 5.41) is 23.7. The van der Waals surface area contributed by atoms with Gasteiger partial charge in [-0.05, 0) is 53.8 Å². The molecule has 1 atom stereocenters. The van der Waals surface area contributed by atoms with Crippen LogP contribution in [0.1, 0.15) is 22.8 Å². The number of hydrogen-bond acceptors (Lipinski definition) is 7. The van der Waals surface area contributed by atoms with Gasteiger partial charge in [0.05, 0.1) is 35.9 Å². The van der Waals surface area contributed by atoms with Crippen molar-refractivity contribution in [1.29, 1.82) is 0 Å². The highest BCUT2D eigenvalue weighted by Crippen LogP contribution is 2.30. The molecule has 4 N–H and O–H groups in total. The van der Waals surface area contributed by atoms with Crippen LogP contribution in [0.5, 0.6) is 0 Å². The molecule has 0 aliphatic rings. The highest BCUT2D eigenvalue weighted by molar-refractivity contribution is 14.1. The van der Waals surface area contributed by atoms with E-state index < -0.39 is 46.3 Å². The van der Waals surface area contributed by atoms with Crippen molar-refractivity contribution < 1.29 is 37.9 Å². The average molecular weight is 553 g/mol. The first-order valence-electron chi connectivity index (χ1n) is 8.85. The Hall–Kier alpha value is -2.42. The average Bonchev–Trinajstić information content (AvgIpc) is 2.71. The first-order valence-corrected chi connectivity index (χ1v) is 9.93. The van der Waals surface area contributed by atoms with Crippen LogP contribution in [-0.4, -0.2) is 48.3 Å². The number of aliphatic hydroxyl groups is 2. The van der Waals surface area contributed by atoms with E-state index in [2.05, 4.69) is 15.3 Å². The largest absolute Gasteiger partial charge is 0.393 e. The van der Waals surface area contributed by atoms with Gasteiger partial charge in [-0.2, -0.15) is 0 Å². The summed E-state index contributed by atoms with van der Waals surface area (Å²) in [4.78, 5) is 22.0. The number of halogens is 4. The van der Waals surface area contributed by atoms with E-state index in [1.165, 1.54) is 25.1 Å². The van der Waals surface area contributed by atoms with Gasteiger partial charge >= 0.3 is 0 Å². The number of oxime groups is 1. The van der Waals surface area contributed by atoms with Crippen molar-refractivity contribution in [2.75, 3.05) is 25.1 Å². The summed E-state index contributed by atoms with van der Waals surface area (Å²) >= 11 is 1.88. The van der Waals surface area contributed by atoms with Crippen molar-refractivity contribution in [3.8, 4) is 0 Å². The second-order valence-electron chi connectivity index (χ2n) is 6.15. The van der Waals surface area contributed by atoms with Crippen molar-refractivity contribution in [3.63, 3.8) is 0 Å². The topological polar surface area (TPSA) is 112 Å². The fourth-order valence-corrected chi connectivity index (χ4v) is 2.69. The van der Waals surface area contributed by atoms with Gasteiger partial charge in [0.15, 0.2) is 11.6 Å². The van der Waals surface area contributed by atoms with Crippen molar-refractivity contribution in [2.45, 2.75) is 13.0 Å². The number of carbonyl (C=O) groups excluding carboxylic acids is 1. The van der Waals surface area contributed by atoms with E-state index in [0.29, 0.717) is 3.57 Å². The second kappa shape index (κ2) is 11.8. The molecule has 2 aromatic rings. The number of aliphatic hydroxyl groups excluding tert-OH is 2. The van der Waals surface area contributed by atoms with Crippen molar-refractivity contribution in [2.24, 2.45) is 5.16 Å². The lowest BCUT2D eigenvalue weighted by Crippen LogP contribution is -2.28. The molecule has 0 radical (unpaired) electrons. The number of amides is 1.